The highest BCUT2D eigenvalue weighted by atomic mass is 19.1. The van der Waals surface area contributed by atoms with Crippen LogP contribution in [-0.2, 0) is 9.59 Å². The molecule has 0 saturated carbocycles. The molecule has 1 aliphatic rings. The molecule has 1 unspecified atom stereocenters. The zero-order valence-electron chi connectivity index (χ0n) is 20.3. The summed E-state index contributed by atoms with van der Waals surface area (Å²) in [5.74, 6) is 3.46. The van der Waals surface area contributed by atoms with Gasteiger partial charge >= 0.3 is 6.03 Å². The third-order valence-corrected chi connectivity index (χ3v) is 6.25. The summed E-state index contributed by atoms with van der Waals surface area (Å²) in [5, 5.41) is 0. The molecule has 1 aromatic heterocycles. The Balaban J connectivity index is 1.61. The zero-order chi connectivity index (χ0) is 26.6. The molecule has 1 saturated heterocycles. The van der Waals surface area contributed by atoms with Crippen molar-refractivity contribution in [3.05, 3.63) is 89.6 Å². The van der Waals surface area contributed by atoms with Crippen LogP contribution in [0.5, 0.6) is 0 Å². The van der Waals surface area contributed by atoms with Crippen molar-refractivity contribution in [2.24, 2.45) is 0 Å². The SMILES string of the molecule is CN(C(=O)N1CCN(c2ccccn2)C(=O)C1(C)CC=O)c1c(F)cc(C#Cc2ccccc2)cc1F. The van der Waals surface area contributed by atoms with E-state index >= 15 is 8.78 Å². The number of aromatic nitrogens is 1. The number of rotatable bonds is 4. The van der Waals surface area contributed by atoms with Gasteiger partial charge in [0, 0.05) is 43.9 Å². The summed E-state index contributed by atoms with van der Waals surface area (Å²) in [6.07, 6.45) is 1.78. The van der Waals surface area contributed by atoms with E-state index < -0.39 is 34.8 Å². The molecule has 0 N–H and O–H groups in total. The van der Waals surface area contributed by atoms with Crippen LogP contribution in [0.3, 0.4) is 0 Å². The van der Waals surface area contributed by atoms with Gasteiger partial charge < -0.3 is 9.69 Å². The molecule has 3 amide bonds. The number of amides is 3. The van der Waals surface area contributed by atoms with Gasteiger partial charge in [-0.15, -0.1) is 0 Å². The second-order valence-corrected chi connectivity index (χ2v) is 8.69. The molecule has 2 heterocycles. The highest BCUT2D eigenvalue weighted by Gasteiger charge is 2.49. The number of urea groups is 1. The van der Waals surface area contributed by atoms with Crippen molar-refractivity contribution in [1.82, 2.24) is 9.88 Å². The minimum absolute atomic E-state index is 0.0275. The van der Waals surface area contributed by atoms with Crippen molar-refractivity contribution >= 4 is 29.7 Å². The smallest absolute Gasteiger partial charge is 0.308 e. The molecule has 7 nitrogen and oxygen atoms in total. The van der Waals surface area contributed by atoms with E-state index in [1.54, 1.807) is 42.5 Å². The predicted octanol–water partition coefficient (Wildman–Crippen LogP) is 4.01. The van der Waals surface area contributed by atoms with E-state index in [0.717, 1.165) is 17.0 Å². The number of carbonyl (C=O) groups excluding carboxylic acids is 3. The first-order valence-corrected chi connectivity index (χ1v) is 11.5. The van der Waals surface area contributed by atoms with E-state index in [4.69, 9.17) is 0 Å². The van der Waals surface area contributed by atoms with Crippen molar-refractivity contribution in [2.45, 2.75) is 18.9 Å². The number of nitrogens with zero attached hydrogens (tertiary/aromatic N) is 4. The predicted molar refractivity (Wildman–Crippen MR) is 135 cm³/mol. The van der Waals surface area contributed by atoms with Crippen molar-refractivity contribution in [2.75, 3.05) is 29.9 Å². The van der Waals surface area contributed by atoms with Crippen LogP contribution in [0.25, 0.3) is 0 Å². The number of hydrogen-bond acceptors (Lipinski definition) is 4. The van der Waals surface area contributed by atoms with Crippen LogP contribution in [-0.4, -0.2) is 53.8 Å². The summed E-state index contributed by atoms with van der Waals surface area (Å²) in [7, 11) is 1.22. The van der Waals surface area contributed by atoms with Gasteiger partial charge in [-0.05, 0) is 43.3 Å². The van der Waals surface area contributed by atoms with Gasteiger partial charge in [-0.25, -0.2) is 18.6 Å². The van der Waals surface area contributed by atoms with Gasteiger partial charge in [0.05, 0.1) is 0 Å². The number of hydrogen-bond donors (Lipinski definition) is 0. The molecule has 2 aromatic carbocycles. The topological polar surface area (TPSA) is 73.8 Å². The van der Waals surface area contributed by atoms with Crippen LogP contribution in [0.15, 0.2) is 66.9 Å². The lowest BCUT2D eigenvalue weighted by molar-refractivity contribution is -0.133. The first kappa shape index (κ1) is 25.5. The molecule has 37 heavy (non-hydrogen) atoms. The van der Waals surface area contributed by atoms with Gasteiger partial charge in [0.2, 0.25) is 0 Å². The molecular formula is C28H24F2N4O3. The average Bonchev–Trinajstić information content (AvgIpc) is 2.89. The van der Waals surface area contributed by atoms with Gasteiger partial charge in [-0.1, -0.05) is 36.1 Å². The Kier molecular flexibility index (Phi) is 7.30. The molecule has 1 fully saturated rings. The van der Waals surface area contributed by atoms with Gasteiger partial charge in [0.15, 0.2) is 11.6 Å². The zero-order valence-corrected chi connectivity index (χ0v) is 20.3. The summed E-state index contributed by atoms with van der Waals surface area (Å²) in [6, 6.07) is 15.3. The first-order valence-electron chi connectivity index (χ1n) is 11.5. The van der Waals surface area contributed by atoms with Crippen LogP contribution >= 0.6 is 0 Å². The van der Waals surface area contributed by atoms with Gasteiger partial charge in [-0.2, -0.15) is 0 Å². The lowest BCUT2D eigenvalue weighted by Gasteiger charge is -2.47. The van der Waals surface area contributed by atoms with Crippen molar-refractivity contribution in [1.29, 1.82) is 0 Å². The second-order valence-electron chi connectivity index (χ2n) is 8.69. The van der Waals surface area contributed by atoms with Crippen LogP contribution in [0, 0.1) is 23.5 Å². The number of benzene rings is 2. The van der Waals surface area contributed by atoms with Crippen LogP contribution < -0.4 is 9.80 Å². The molecule has 0 spiro atoms. The molecule has 9 heteroatoms. The maximum atomic E-state index is 15.1. The van der Waals surface area contributed by atoms with E-state index in [0.29, 0.717) is 17.7 Å². The fourth-order valence-electron chi connectivity index (χ4n) is 4.25. The number of halogens is 2. The van der Waals surface area contributed by atoms with Crippen molar-refractivity contribution < 1.29 is 23.2 Å². The Labute approximate surface area is 213 Å². The van der Waals surface area contributed by atoms with Crippen LogP contribution in [0.1, 0.15) is 24.5 Å². The van der Waals surface area contributed by atoms with Crippen LogP contribution in [0.2, 0.25) is 0 Å². The summed E-state index contributed by atoms with van der Waals surface area (Å²) < 4.78 is 30.1. The normalized spacial score (nSPS) is 17.1. The molecule has 0 aliphatic carbocycles. The Morgan fingerprint density at radius 1 is 1.05 bits per heavy atom. The fourth-order valence-corrected chi connectivity index (χ4v) is 4.25. The highest BCUT2D eigenvalue weighted by molar-refractivity contribution is 6.05. The minimum Gasteiger partial charge on any atom is -0.308 e. The molecule has 1 aliphatic heterocycles. The Bertz CT molecular complexity index is 1370. The standard InChI is InChI=1S/C28H24F2N4O3/c1-28(13-17-35)26(36)33(24-10-6-7-14-31-24)15-16-34(28)27(37)32(2)25-22(29)18-21(19-23(25)30)12-11-20-8-4-3-5-9-20/h3-10,14,17-19H,13,15-16H2,1-2H3. The maximum absolute atomic E-state index is 15.1. The molecule has 1 atom stereocenters. The highest BCUT2D eigenvalue weighted by Crippen LogP contribution is 2.32. The Morgan fingerprint density at radius 3 is 2.32 bits per heavy atom. The van der Waals surface area contributed by atoms with Crippen molar-refractivity contribution in [3.63, 3.8) is 0 Å². The summed E-state index contributed by atoms with van der Waals surface area (Å²) in [5.41, 5.74) is -1.36. The first-order chi connectivity index (χ1) is 17.8. The van der Waals surface area contributed by atoms with E-state index in [1.165, 1.54) is 30.0 Å². The molecular weight excluding hydrogens is 478 g/mol. The van der Waals surface area contributed by atoms with Gasteiger partial charge in [-0.3, -0.25) is 14.6 Å². The number of pyridine rings is 1. The monoisotopic (exact) mass is 502 g/mol. The van der Waals surface area contributed by atoms with Gasteiger partial charge in [0.1, 0.15) is 23.3 Å². The number of aldehydes is 1. The quantitative estimate of drug-likeness (QED) is 0.399. The molecule has 0 bridgehead atoms. The summed E-state index contributed by atoms with van der Waals surface area (Å²) in [4.78, 5) is 46.0. The van der Waals surface area contributed by atoms with Crippen LogP contribution in [0.4, 0.5) is 25.1 Å². The van der Waals surface area contributed by atoms with E-state index in [-0.39, 0.29) is 25.1 Å². The Hall–Kier alpha value is -4.58. The average molecular weight is 503 g/mol. The largest absolute Gasteiger partial charge is 0.325 e. The lowest BCUT2D eigenvalue weighted by atomic mass is 9.91. The minimum atomic E-state index is -1.57. The number of piperazine rings is 1. The number of carbonyl (C=O) groups is 3. The van der Waals surface area contributed by atoms with E-state index in [2.05, 4.69) is 16.8 Å². The van der Waals surface area contributed by atoms with Gasteiger partial charge in [0.25, 0.3) is 5.91 Å². The molecule has 0 radical (unpaired) electrons. The third-order valence-electron chi connectivity index (χ3n) is 6.25. The van der Waals surface area contributed by atoms with E-state index in [1.807, 2.05) is 6.07 Å². The molecule has 188 valence electrons. The number of anilines is 2. The van der Waals surface area contributed by atoms with E-state index in [9.17, 15) is 14.4 Å². The third kappa shape index (κ3) is 5.05. The fraction of sp³-hybridized carbons (Fsp3) is 0.214. The van der Waals surface area contributed by atoms with Crippen molar-refractivity contribution in [3.8, 4) is 11.8 Å². The Morgan fingerprint density at radius 2 is 1.70 bits per heavy atom. The summed E-state index contributed by atoms with van der Waals surface area (Å²) in [6.45, 7) is 1.59. The summed E-state index contributed by atoms with van der Waals surface area (Å²) >= 11 is 0. The maximum Gasteiger partial charge on any atom is 0.325 e. The molecule has 3 aromatic rings. The lowest BCUT2D eigenvalue weighted by Crippen LogP contribution is -2.68. The second kappa shape index (κ2) is 10.6. The molecule has 4 rings (SSSR count).